The van der Waals surface area contributed by atoms with Crippen LogP contribution in [0.25, 0.3) is 0 Å². The van der Waals surface area contributed by atoms with Crippen molar-refractivity contribution in [2.24, 2.45) is 11.7 Å². The lowest BCUT2D eigenvalue weighted by atomic mass is 9.92. The highest BCUT2D eigenvalue weighted by molar-refractivity contribution is 5.77. The fourth-order valence-corrected chi connectivity index (χ4v) is 4.53. The van der Waals surface area contributed by atoms with Gasteiger partial charge in [-0.3, -0.25) is 9.69 Å². The van der Waals surface area contributed by atoms with Crippen molar-refractivity contribution >= 4 is 5.91 Å². The van der Waals surface area contributed by atoms with Gasteiger partial charge in [0.05, 0.1) is 5.92 Å². The third kappa shape index (κ3) is 15.9. The van der Waals surface area contributed by atoms with Crippen molar-refractivity contribution < 1.29 is 4.79 Å². The second-order valence-electron chi connectivity index (χ2n) is 9.17. The van der Waals surface area contributed by atoms with Crippen molar-refractivity contribution in [1.29, 1.82) is 0 Å². The number of unbranched alkanes of at least 4 members (excludes halogenated alkanes) is 13. The van der Waals surface area contributed by atoms with Crippen molar-refractivity contribution in [2.75, 3.05) is 13.1 Å². The van der Waals surface area contributed by atoms with Crippen LogP contribution >= 0.6 is 0 Å². The lowest BCUT2D eigenvalue weighted by Gasteiger charge is -2.33. The van der Waals surface area contributed by atoms with E-state index in [4.69, 9.17) is 5.73 Å². The summed E-state index contributed by atoms with van der Waals surface area (Å²) in [7, 11) is 0. The van der Waals surface area contributed by atoms with Crippen LogP contribution in [0.3, 0.4) is 0 Å². The molecule has 0 saturated carbocycles. The Morgan fingerprint density at radius 1 is 0.655 bits per heavy atom. The molecule has 29 heavy (non-hydrogen) atoms. The quantitative estimate of drug-likeness (QED) is 0.188. The molecule has 174 valence electrons. The first-order valence-corrected chi connectivity index (χ1v) is 13.1. The van der Waals surface area contributed by atoms with Crippen LogP contribution in [0, 0.1) is 5.92 Å². The zero-order valence-electron chi connectivity index (χ0n) is 20.5. The largest absolute Gasteiger partial charge is 0.369 e. The van der Waals surface area contributed by atoms with E-state index in [0.717, 1.165) is 38.8 Å². The summed E-state index contributed by atoms with van der Waals surface area (Å²) in [6.45, 7) is 11.0. The number of rotatable bonds is 22. The standard InChI is InChI=1S/C26H54N2O/c1-5-8-9-10-11-12-13-14-15-16-17-18-19-20-21-25(26(27)29)24(4)28(22-6-2)23-7-3/h24-25H,5-23H2,1-4H3,(H2,27,29). The van der Waals surface area contributed by atoms with Gasteiger partial charge in [-0.05, 0) is 39.3 Å². The molecule has 1 amide bonds. The number of primary amides is 1. The molecule has 0 spiro atoms. The lowest BCUT2D eigenvalue weighted by molar-refractivity contribution is -0.124. The Hall–Kier alpha value is -0.570. The maximum atomic E-state index is 12.0. The predicted molar refractivity (Wildman–Crippen MR) is 129 cm³/mol. The van der Waals surface area contributed by atoms with Crippen molar-refractivity contribution in [3.8, 4) is 0 Å². The van der Waals surface area contributed by atoms with Crippen molar-refractivity contribution in [2.45, 2.75) is 143 Å². The fraction of sp³-hybridized carbons (Fsp3) is 0.962. The molecule has 2 N–H and O–H groups in total. The first-order valence-electron chi connectivity index (χ1n) is 13.1. The van der Waals surface area contributed by atoms with Crippen molar-refractivity contribution in [1.82, 2.24) is 4.90 Å². The number of carbonyl (C=O) groups is 1. The molecular weight excluding hydrogens is 356 g/mol. The van der Waals surface area contributed by atoms with E-state index in [-0.39, 0.29) is 17.9 Å². The topological polar surface area (TPSA) is 46.3 Å². The van der Waals surface area contributed by atoms with Gasteiger partial charge in [-0.2, -0.15) is 0 Å². The van der Waals surface area contributed by atoms with Gasteiger partial charge >= 0.3 is 0 Å². The monoisotopic (exact) mass is 410 g/mol. The molecule has 0 heterocycles. The summed E-state index contributed by atoms with van der Waals surface area (Å²) in [6, 6.07) is 0.273. The number of nitrogens with two attached hydrogens (primary N) is 1. The van der Waals surface area contributed by atoms with Crippen LogP contribution < -0.4 is 5.73 Å². The van der Waals surface area contributed by atoms with Crippen LogP contribution in [0.2, 0.25) is 0 Å². The first kappa shape index (κ1) is 28.4. The van der Waals surface area contributed by atoms with Crippen molar-refractivity contribution in [3.05, 3.63) is 0 Å². The number of carbonyl (C=O) groups excluding carboxylic acids is 1. The Balaban J connectivity index is 3.75. The minimum Gasteiger partial charge on any atom is -0.369 e. The summed E-state index contributed by atoms with van der Waals surface area (Å²) in [5, 5.41) is 0. The molecule has 0 aliphatic carbocycles. The van der Waals surface area contributed by atoms with E-state index in [9.17, 15) is 4.79 Å². The van der Waals surface area contributed by atoms with Gasteiger partial charge in [-0.25, -0.2) is 0 Å². The van der Waals surface area contributed by atoms with E-state index >= 15 is 0 Å². The molecule has 0 aromatic rings. The first-order chi connectivity index (χ1) is 14.1. The SMILES string of the molecule is CCCCCCCCCCCCCCCCC(C(N)=O)C(C)N(CCC)CCC. The number of nitrogens with zero attached hydrogens (tertiary/aromatic N) is 1. The highest BCUT2D eigenvalue weighted by Gasteiger charge is 2.26. The molecular formula is C26H54N2O. The van der Waals surface area contributed by atoms with E-state index in [1.165, 1.54) is 83.5 Å². The van der Waals surface area contributed by atoms with Gasteiger partial charge in [0.1, 0.15) is 0 Å². The molecule has 0 fully saturated rings. The minimum absolute atomic E-state index is 0.00502. The van der Waals surface area contributed by atoms with E-state index < -0.39 is 0 Å². The highest BCUT2D eigenvalue weighted by atomic mass is 16.1. The van der Waals surface area contributed by atoms with Gasteiger partial charge in [0.15, 0.2) is 0 Å². The van der Waals surface area contributed by atoms with Gasteiger partial charge < -0.3 is 5.73 Å². The Kier molecular flexibility index (Phi) is 20.3. The van der Waals surface area contributed by atoms with E-state index in [1.54, 1.807) is 0 Å². The predicted octanol–water partition coefficient (Wildman–Crippen LogP) is 7.47. The van der Waals surface area contributed by atoms with Crippen LogP contribution in [0.4, 0.5) is 0 Å². The molecule has 3 nitrogen and oxygen atoms in total. The number of hydrogen-bond donors (Lipinski definition) is 1. The molecule has 2 unspecified atom stereocenters. The van der Waals surface area contributed by atoms with Crippen LogP contribution in [0.15, 0.2) is 0 Å². The smallest absolute Gasteiger partial charge is 0.222 e. The van der Waals surface area contributed by atoms with Gasteiger partial charge in [0, 0.05) is 6.04 Å². The summed E-state index contributed by atoms with van der Waals surface area (Å²) in [4.78, 5) is 14.5. The van der Waals surface area contributed by atoms with E-state index in [1.807, 2.05) is 0 Å². The Morgan fingerprint density at radius 3 is 1.38 bits per heavy atom. The van der Waals surface area contributed by atoms with Crippen LogP contribution in [0.5, 0.6) is 0 Å². The summed E-state index contributed by atoms with van der Waals surface area (Å²) in [5.41, 5.74) is 5.76. The highest BCUT2D eigenvalue weighted by Crippen LogP contribution is 2.20. The summed E-state index contributed by atoms with van der Waals surface area (Å²) in [5.74, 6) is -0.102. The third-order valence-corrected chi connectivity index (χ3v) is 6.41. The maximum Gasteiger partial charge on any atom is 0.222 e. The van der Waals surface area contributed by atoms with E-state index in [0.29, 0.717) is 0 Å². The average Bonchev–Trinajstić information content (AvgIpc) is 2.70. The second-order valence-corrected chi connectivity index (χ2v) is 9.17. The molecule has 0 radical (unpaired) electrons. The zero-order valence-corrected chi connectivity index (χ0v) is 20.5. The molecule has 3 heteroatoms. The molecule has 0 rings (SSSR count). The fourth-order valence-electron chi connectivity index (χ4n) is 4.53. The Morgan fingerprint density at radius 2 is 1.03 bits per heavy atom. The van der Waals surface area contributed by atoms with Crippen molar-refractivity contribution in [3.63, 3.8) is 0 Å². The maximum absolute atomic E-state index is 12.0. The molecule has 0 aliphatic heterocycles. The van der Waals surface area contributed by atoms with E-state index in [2.05, 4.69) is 32.6 Å². The molecule has 0 aromatic heterocycles. The minimum atomic E-state index is -0.107. The molecule has 0 bridgehead atoms. The van der Waals surface area contributed by atoms with Gasteiger partial charge in [0.2, 0.25) is 5.91 Å². The Bertz CT molecular complexity index is 353. The van der Waals surface area contributed by atoms with Crippen LogP contribution in [-0.4, -0.2) is 29.9 Å². The molecule has 2 atom stereocenters. The molecule has 0 saturated heterocycles. The van der Waals surface area contributed by atoms with Gasteiger partial charge in [0.25, 0.3) is 0 Å². The summed E-state index contributed by atoms with van der Waals surface area (Å²) < 4.78 is 0. The van der Waals surface area contributed by atoms with Crippen LogP contribution in [0.1, 0.15) is 137 Å². The second kappa shape index (κ2) is 20.7. The van der Waals surface area contributed by atoms with Gasteiger partial charge in [-0.15, -0.1) is 0 Å². The average molecular weight is 411 g/mol. The third-order valence-electron chi connectivity index (χ3n) is 6.41. The van der Waals surface area contributed by atoms with Gasteiger partial charge in [-0.1, -0.05) is 111 Å². The molecule has 0 aliphatic rings. The lowest BCUT2D eigenvalue weighted by Crippen LogP contribution is -2.44. The molecule has 0 aromatic carbocycles. The number of amides is 1. The zero-order chi connectivity index (χ0) is 21.7. The normalized spacial score (nSPS) is 13.7. The number of hydrogen-bond acceptors (Lipinski definition) is 2. The summed E-state index contributed by atoms with van der Waals surface area (Å²) >= 11 is 0. The van der Waals surface area contributed by atoms with Crippen LogP contribution in [-0.2, 0) is 4.79 Å². The Labute approximate surface area is 183 Å². The summed E-state index contributed by atoms with van der Waals surface area (Å²) in [6.07, 6.45) is 22.4.